The Hall–Kier alpha value is -3.04. The summed E-state index contributed by atoms with van der Waals surface area (Å²) in [6, 6.07) is 13.3. The smallest absolute Gasteiger partial charge is 0.364 e. The van der Waals surface area contributed by atoms with Crippen molar-refractivity contribution in [3.8, 4) is 22.3 Å². The summed E-state index contributed by atoms with van der Waals surface area (Å²) in [5.41, 5.74) is 3.91. The number of aromatic nitrogens is 3. The van der Waals surface area contributed by atoms with Gasteiger partial charge in [0.25, 0.3) is 0 Å². The van der Waals surface area contributed by atoms with Gasteiger partial charge in [0.1, 0.15) is 0 Å². The summed E-state index contributed by atoms with van der Waals surface area (Å²) < 4.78 is 41.9. The molecule has 2 unspecified atom stereocenters. The van der Waals surface area contributed by atoms with Crippen LogP contribution in [0.5, 0.6) is 0 Å². The first kappa shape index (κ1) is 23.7. The second-order valence-electron chi connectivity index (χ2n) is 8.93. The standard InChI is InChI=1S/C26H26F3N5S/c1-16-11-30-12-17(2)34(16)22-6-4-18(5-7-22)20-13-31-25-24(14-32-33(25)15-20)19-8-21(26(27,28)29)10-23(9-19)35-3/h4-10,13-17,30H,11-12H2,1-3H3. The van der Waals surface area contributed by atoms with E-state index in [1.807, 2.05) is 6.20 Å². The third-order valence-corrected chi connectivity index (χ3v) is 7.17. The summed E-state index contributed by atoms with van der Waals surface area (Å²) in [5, 5.41) is 7.84. The fraction of sp³-hybridized carbons (Fsp3) is 0.308. The van der Waals surface area contributed by atoms with Crippen molar-refractivity contribution in [1.82, 2.24) is 19.9 Å². The van der Waals surface area contributed by atoms with Crippen LogP contribution in [0.1, 0.15) is 19.4 Å². The van der Waals surface area contributed by atoms with E-state index < -0.39 is 11.7 Å². The second-order valence-corrected chi connectivity index (χ2v) is 9.81. The van der Waals surface area contributed by atoms with Gasteiger partial charge >= 0.3 is 6.18 Å². The SMILES string of the molecule is CSc1cc(-c2cnn3cc(-c4ccc(N5C(C)CNCC5C)cc4)cnc23)cc(C(F)(F)F)c1. The highest BCUT2D eigenvalue weighted by molar-refractivity contribution is 7.98. The molecule has 3 heterocycles. The molecule has 4 aromatic rings. The van der Waals surface area contributed by atoms with Gasteiger partial charge in [0.05, 0.1) is 11.8 Å². The van der Waals surface area contributed by atoms with Crippen molar-refractivity contribution < 1.29 is 13.2 Å². The van der Waals surface area contributed by atoms with E-state index in [1.54, 1.807) is 29.2 Å². The largest absolute Gasteiger partial charge is 0.416 e. The summed E-state index contributed by atoms with van der Waals surface area (Å²) in [6.45, 7) is 6.35. The first-order valence-electron chi connectivity index (χ1n) is 11.4. The molecule has 182 valence electrons. The molecule has 0 saturated carbocycles. The number of halogens is 3. The van der Waals surface area contributed by atoms with Gasteiger partial charge < -0.3 is 10.2 Å². The third kappa shape index (κ3) is 4.62. The lowest BCUT2D eigenvalue weighted by Crippen LogP contribution is -2.55. The molecule has 0 spiro atoms. The molecule has 2 aromatic carbocycles. The molecule has 1 aliphatic heterocycles. The van der Waals surface area contributed by atoms with Crippen LogP contribution < -0.4 is 10.2 Å². The van der Waals surface area contributed by atoms with Gasteiger partial charge in [-0.05, 0) is 61.6 Å². The van der Waals surface area contributed by atoms with Crippen LogP contribution >= 0.6 is 11.8 Å². The van der Waals surface area contributed by atoms with E-state index in [0.29, 0.717) is 33.8 Å². The molecule has 0 radical (unpaired) electrons. The number of rotatable bonds is 4. The summed E-state index contributed by atoms with van der Waals surface area (Å²) in [4.78, 5) is 7.54. The minimum Gasteiger partial charge on any atom is -0.364 e. The number of fused-ring (bicyclic) bond motifs is 1. The van der Waals surface area contributed by atoms with Crippen LogP contribution in [0.2, 0.25) is 0 Å². The number of hydrogen-bond donors (Lipinski definition) is 1. The number of alkyl halides is 3. The molecule has 1 aliphatic rings. The molecular weight excluding hydrogens is 471 g/mol. The highest BCUT2D eigenvalue weighted by Crippen LogP contribution is 2.36. The van der Waals surface area contributed by atoms with Crippen LogP contribution in [0.25, 0.3) is 27.9 Å². The third-order valence-electron chi connectivity index (χ3n) is 6.47. The van der Waals surface area contributed by atoms with Gasteiger partial charge in [-0.15, -0.1) is 11.8 Å². The van der Waals surface area contributed by atoms with E-state index >= 15 is 0 Å². The van der Waals surface area contributed by atoms with Gasteiger partial charge in [0.15, 0.2) is 5.65 Å². The minimum absolute atomic E-state index is 0.410. The zero-order chi connectivity index (χ0) is 24.7. The molecule has 2 aromatic heterocycles. The molecule has 9 heteroatoms. The number of thioether (sulfide) groups is 1. The average molecular weight is 498 g/mol. The quantitative estimate of drug-likeness (QED) is 0.351. The number of benzene rings is 2. The van der Waals surface area contributed by atoms with Gasteiger partial charge in [-0.25, -0.2) is 9.50 Å². The molecule has 0 amide bonds. The van der Waals surface area contributed by atoms with E-state index in [9.17, 15) is 13.2 Å². The van der Waals surface area contributed by atoms with E-state index in [-0.39, 0.29) is 0 Å². The Morgan fingerprint density at radius 3 is 2.31 bits per heavy atom. The van der Waals surface area contributed by atoms with Crippen LogP contribution in [0.3, 0.4) is 0 Å². The summed E-state index contributed by atoms with van der Waals surface area (Å²) in [6.07, 6.45) is 2.52. The van der Waals surface area contributed by atoms with E-state index in [4.69, 9.17) is 0 Å². The Balaban J connectivity index is 1.47. The van der Waals surface area contributed by atoms with Crippen molar-refractivity contribution in [3.63, 3.8) is 0 Å². The highest BCUT2D eigenvalue weighted by atomic mass is 32.2. The maximum atomic E-state index is 13.4. The normalized spacial score (nSPS) is 18.9. The zero-order valence-corrected chi connectivity index (χ0v) is 20.5. The van der Waals surface area contributed by atoms with E-state index in [0.717, 1.165) is 36.3 Å². The van der Waals surface area contributed by atoms with Crippen LogP contribution in [0, 0.1) is 0 Å². The Labute approximate surface area is 206 Å². The van der Waals surface area contributed by atoms with Crippen LogP contribution in [0.15, 0.2) is 66.0 Å². The van der Waals surface area contributed by atoms with Crippen LogP contribution in [-0.4, -0.2) is 46.0 Å². The monoisotopic (exact) mass is 497 g/mol. The summed E-state index contributed by atoms with van der Waals surface area (Å²) >= 11 is 1.27. The van der Waals surface area contributed by atoms with Gasteiger partial charge in [-0.3, -0.25) is 0 Å². The van der Waals surface area contributed by atoms with Crippen molar-refractivity contribution >= 4 is 23.1 Å². The summed E-state index contributed by atoms with van der Waals surface area (Å²) in [5.74, 6) is 0. The lowest BCUT2D eigenvalue weighted by molar-refractivity contribution is -0.137. The second kappa shape index (κ2) is 9.20. The molecule has 0 bridgehead atoms. The maximum absolute atomic E-state index is 13.4. The fourth-order valence-corrected chi connectivity index (χ4v) is 5.22. The molecule has 1 N–H and O–H groups in total. The van der Waals surface area contributed by atoms with Gasteiger partial charge in [0.2, 0.25) is 0 Å². The van der Waals surface area contributed by atoms with Crippen molar-refractivity contribution in [1.29, 1.82) is 0 Å². The average Bonchev–Trinajstić information content (AvgIpc) is 3.27. The predicted molar refractivity (Wildman–Crippen MR) is 135 cm³/mol. The van der Waals surface area contributed by atoms with Gasteiger partial charge in [-0.1, -0.05) is 12.1 Å². The van der Waals surface area contributed by atoms with Crippen molar-refractivity contribution in [2.45, 2.75) is 37.0 Å². The fourth-order valence-electron chi connectivity index (χ4n) is 4.73. The predicted octanol–water partition coefficient (Wildman–Crippen LogP) is 5.99. The lowest BCUT2D eigenvalue weighted by atomic mass is 10.0. The van der Waals surface area contributed by atoms with E-state index in [2.05, 4.69) is 58.4 Å². The number of hydrogen-bond acceptors (Lipinski definition) is 5. The number of piperazine rings is 1. The summed E-state index contributed by atoms with van der Waals surface area (Å²) in [7, 11) is 0. The molecule has 1 saturated heterocycles. The molecule has 5 rings (SSSR count). The van der Waals surface area contributed by atoms with Crippen molar-refractivity contribution in [2.24, 2.45) is 0 Å². The number of nitrogens with zero attached hydrogens (tertiary/aromatic N) is 4. The molecule has 5 nitrogen and oxygen atoms in total. The maximum Gasteiger partial charge on any atom is 0.416 e. The molecule has 0 aliphatic carbocycles. The minimum atomic E-state index is -4.42. The molecule has 1 fully saturated rings. The van der Waals surface area contributed by atoms with Crippen molar-refractivity contribution in [3.05, 3.63) is 66.6 Å². The van der Waals surface area contributed by atoms with Crippen molar-refractivity contribution in [2.75, 3.05) is 24.2 Å². The first-order valence-corrected chi connectivity index (χ1v) is 12.7. The number of nitrogens with one attached hydrogen (secondary N) is 1. The lowest BCUT2D eigenvalue weighted by Gasteiger charge is -2.41. The van der Waals surface area contributed by atoms with Crippen LogP contribution in [0.4, 0.5) is 18.9 Å². The molecule has 35 heavy (non-hydrogen) atoms. The Morgan fingerprint density at radius 2 is 1.66 bits per heavy atom. The first-order chi connectivity index (χ1) is 16.7. The topological polar surface area (TPSA) is 45.5 Å². The van der Waals surface area contributed by atoms with Gasteiger partial charge in [0, 0.05) is 59.3 Å². The molecule has 2 atom stereocenters. The Morgan fingerprint density at radius 1 is 0.943 bits per heavy atom. The zero-order valence-electron chi connectivity index (χ0n) is 19.7. The molecular formula is C26H26F3N5S. The van der Waals surface area contributed by atoms with E-state index in [1.165, 1.54) is 17.4 Å². The number of anilines is 1. The Bertz CT molecular complexity index is 1340. The van der Waals surface area contributed by atoms with Crippen LogP contribution in [-0.2, 0) is 6.18 Å². The Kier molecular flexibility index (Phi) is 6.23. The highest BCUT2D eigenvalue weighted by Gasteiger charge is 2.31. The van der Waals surface area contributed by atoms with Gasteiger partial charge in [-0.2, -0.15) is 18.3 Å².